The van der Waals surface area contributed by atoms with Gasteiger partial charge < -0.3 is 10.2 Å². The molecule has 0 amide bonds. The molecule has 0 unspecified atom stereocenters. The molecule has 2 N–H and O–H groups in total. The van der Waals surface area contributed by atoms with Crippen LogP contribution >= 0.6 is 0 Å². The molecule has 0 fully saturated rings. The second kappa shape index (κ2) is 5.78. The fourth-order valence-corrected chi connectivity index (χ4v) is 2.82. The van der Waals surface area contributed by atoms with Gasteiger partial charge in [0.05, 0.1) is 13.2 Å². The van der Waals surface area contributed by atoms with Gasteiger partial charge in [-0.2, -0.15) is 0 Å². The van der Waals surface area contributed by atoms with Crippen molar-refractivity contribution in [1.82, 2.24) is 0 Å². The standard InChI is InChI=1S/C18H22O2/c1-11-5-15(6-12(2)17(11)9-19)16-7-13(3)18(10-20)14(4)8-16/h5-8,19-20H,9-10H2,1-4H3. The maximum absolute atomic E-state index is 9.39. The van der Waals surface area contributed by atoms with Crippen molar-refractivity contribution in [2.45, 2.75) is 40.9 Å². The lowest BCUT2D eigenvalue weighted by atomic mass is 9.92. The molecule has 0 saturated carbocycles. The smallest absolute Gasteiger partial charge is 0.0686 e. The summed E-state index contributed by atoms with van der Waals surface area (Å²) in [6.07, 6.45) is 0. The zero-order valence-corrected chi connectivity index (χ0v) is 12.6. The summed E-state index contributed by atoms with van der Waals surface area (Å²) in [4.78, 5) is 0. The first kappa shape index (κ1) is 14.8. The third-order valence-electron chi connectivity index (χ3n) is 4.04. The SMILES string of the molecule is Cc1cc(-c2cc(C)c(CO)c(C)c2)cc(C)c1CO. The molecule has 0 aliphatic rings. The predicted molar refractivity (Wildman–Crippen MR) is 82.7 cm³/mol. The number of aryl methyl sites for hydroxylation is 4. The lowest BCUT2D eigenvalue weighted by Crippen LogP contribution is -1.97. The third kappa shape index (κ3) is 2.62. The summed E-state index contributed by atoms with van der Waals surface area (Å²) in [6, 6.07) is 8.47. The van der Waals surface area contributed by atoms with E-state index in [1.165, 1.54) is 0 Å². The van der Waals surface area contributed by atoms with E-state index in [0.717, 1.165) is 44.5 Å². The Labute approximate surface area is 120 Å². The van der Waals surface area contributed by atoms with Gasteiger partial charge in [0.25, 0.3) is 0 Å². The Hall–Kier alpha value is -1.64. The Morgan fingerprint density at radius 3 is 1.05 bits per heavy atom. The van der Waals surface area contributed by atoms with Crippen LogP contribution in [0.2, 0.25) is 0 Å². The molecule has 0 radical (unpaired) electrons. The quantitative estimate of drug-likeness (QED) is 0.895. The van der Waals surface area contributed by atoms with Crippen molar-refractivity contribution in [3.05, 3.63) is 57.6 Å². The molecule has 0 aliphatic carbocycles. The summed E-state index contributed by atoms with van der Waals surface area (Å²) >= 11 is 0. The van der Waals surface area contributed by atoms with Crippen molar-refractivity contribution >= 4 is 0 Å². The Balaban J connectivity index is 2.58. The summed E-state index contributed by atoms with van der Waals surface area (Å²) in [5.74, 6) is 0. The normalized spacial score (nSPS) is 10.9. The number of benzene rings is 2. The largest absolute Gasteiger partial charge is 0.392 e. The van der Waals surface area contributed by atoms with Crippen molar-refractivity contribution in [2.75, 3.05) is 0 Å². The van der Waals surface area contributed by atoms with E-state index >= 15 is 0 Å². The molecule has 0 atom stereocenters. The van der Waals surface area contributed by atoms with Gasteiger partial charge in [-0.05, 0) is 72.2 Å². The Kier molecular flexibility index (Phi) is 4.26. The summed E-state index contributed by atoms with van der Waals surface area (Å²) in [5.41, 5.74) is 8.80. The van der Waals surface area contributed by atoms with Crippen LogP contribution in [0.5, 0.6) is 0 Å². The number of aliphatic hydroxyl groups excluding tert-OH is 2. The molecule has 0 aliphatic heterocycles. The van der Waals surface area contributed by atoms with Gasteiger partial charge in [0.15, 0.2) is 0 Å². The van der Waals surface area contributed by atoms with Gasteiger partial charge in [-0.15, -0.1) is 0 Å². The molecule has 0 spiro atoms. The molecular weight excluding hydrogens is 248 g/mol. The zero-order chi connectivity index (χ0) is 14.9. The highest BCUT2D eigenvalue weighted by atomic mass is 16.3. The molecule has 2 heteroatoms. The number of hydrogen-bond acceptors (Lipinski definition) is 2. The Bertz CT molecular complexity index is 538. The lowest BCUT2D eigenvalue weighted by Gasteiger charge is -2.14. The van der Waals surface area contributed by atoms with Crippen LogP contribution in [-0.2, 0) is 13.2 Å². The van der Waals surface area contributed by atoms with Gasteiger partial charge in [-0.3, -0.25) is 0 Å². The van der Waals surface area contributed by atoms with Crippen LogP contribution in [0.15, 0.2) is 24.3 Å². The van der Waals surface area contributed by atoms with Gasteiger partial charge in [-0.25, -0.2) is 0 Å². The summed E-state index contributed by atoms with van der Waals surface area (Å²) < 4.78 is 0. The van der Waals surface area contributed by atoms with Crippen LogP contribution in [0.3, 0.4) is 0 Å². The van der Waals surface area contributed by atoms with Crippen LogP contribution in [0.1, 0.15) is 33.4 Å². The minimum absolute atomic E-state index is 0.0828. The number of aliphatic hydroxyl groups is 2. The van der Waals surface area contributed by atoms with Crippen molar-refractivity contribution < 1.29 is 10.2 Å². The van der Waals surface area contributed by atoms with Crippen LogP contribution in [-0.4, -0.2) is 10.2 Å². The Morgan fingerprint density at radius 2 is 0.850 bits per heavy atom. The van der Waals surface area contributed by atoms with Crippen molar-refractivity contribution in [1.29, 1.82) is 0 Å². The van der Waals surface area contributed by atoms with Crippen LogP contribution in [0.4, 0.5) is 0 Å². The minimum atomic E-state index is 0.0828. The van der Waals surface area contributed by atoms with E-state index in [0.29, 0.717) is 0 Å². The van der Waals surface area contributed by atoms with Gasteiger partial charge in [0, 0.05) is 0 Å². The van der Waals surface area contributed by atoms with E-state index in [9.17, 15) is 10.2 Å². The molecular formula is C18H22O2. The monoisotopic (exact) mass is 270 g/mol. The summed E-state index contributed by atoms with van der Waals surface area (Å²) in [5, 5.41) is 18.8. The van der Waals surface area contributed by atoms with Crippen molar-refractivity contribution in [2.24, 2.45) is 0 Å². The van der Waals surface area contributed by atoms with Crippen LogP contribution in [0, 0.1) is 27.7 Å². The molecule has 2 aromatic carbocycles. The lowest BCUT2D eigenvalue weighted by molar-refractivity contribution is 0.280. The highest BCUT2D eigenvalue weighted by Crippen LogP contribution is 2.28. The molecule has 0 saturated heterocycles. The molecule has 2 rings (SSSR count). The van der Waals surface area contributed by atoms with Gasteiger partial charge in [-0.1, -0.05) is 24.3 Å². The minimum Gasteiger partial charge on any atom is -0.392 e. The first-order valence-corrected chi connectivity index (χ1v) is 6.90. The fraction of sp³-hybridized carbons (Fsp3) is 0.333. The second-order valence-corrected chi connectivity index (χ2v) is 5.49. The first-order valence-electron chi connectivity index (χ1n) is 6.90. The van der Waals surface area contributed by atoms with E-state index in [-0.39, 0.29) is 13.2 Å². The highest BCUT2D eigenvalue weighted by Gasteiger charge is 2.09. The van der Waals surface area contributed by atoms with E-state index in [2.05, 4.69) is 24.3 Å². The Morgan fingerprint density at radius 1 is 0.600 bits per heavy atom. The topological polar surface area (TPSA) is 40.5 Å². The predicted octanol–water partition coefficient (Wildman–Crippen LogP) is 3.57. The van der Waals surface area contributed by atoms with Crippen molar-refractivity contribution in [3.63, 3.8) is 0 Å². The molecule has 20 heavy (non-hydrogen) atoms. The van der Waals surface area contributed by atoms with E-state index in [4.69, 9.17) is 0 Å². The van der Waals surface area contributed by atoms with Gasteiger partial charge >= 0.3 is 0 Å². The first-order chi connectivity index (χ1) is 9.47. The highest BCUT2D eigenvalue weighted by molar-refractivity contribution is 5.68. The maximum Gasteiger partial charge on any atom is 0.0686 e. The second-order valence-electron chi connectivity index (χ2n) is 5.49. The average Bonchev–Trinajstić information content (AvgIpc) is 2.37. The maximum atomic E-state index is 9.39. The van der Waals surface area contributed by atoms with Crippen LogP contribution < -0.4 is 0 Å². The molecule has 0 heterocycles. The molecule has 2 nitrogen and oxygen atoms in total. The summed E-state index contributed by atoms with van der Waals surface area (Å²) in [7, 11) is 0. The molecule has 0 bridgehead atoms. The number of hydrogen-bond donors (Lipinski definition) is 2. The van der Waals surface area contributed by atoms with Gasteiger partial charge in [0.1, 0.15) is 0 Å². The van der Waals surface area contributed by atoms with E-state index < -0.39 is 0 Å². The fourth-order valence-electron chi connectivity index (χ4n) is 2.82. The van der Waals surface area contributed by atoms with E-state index in [1.807, 2.05) is 27.7 Å². The van der Waals surface area contributed by atoms with Crippen LogP contribution in [0.25, 0.3) is 11.1 Å². The molecule has 0 aromatic heterocycles. The zero-order valence-electron chi connectivity index (χ0n) is 12.6. The van der Waals surface area contributed by atoms with Gasteiger partial charge in [0.2, 0.25) is 0 Å². The molecule has 2 aromatic rings. The summed E-state index contributed by atoms with van der Waals surface area (Å²) in [6.45, 7) is 8.29. The number of rotatable bonds is 3. The van der Waals surface area contributed by atoms with E-state index in [1.54, 1.807) is 0 Å². The molecule has 106 valence electrons. The third-order valence-corrected chi connectivity index (χ3v) is 4.04. The van der Waals surface area contributed by atoms with Crippen molar-refractivity contribution in [3.8, 4) is 11.1 Å². The average molecular weight is 270 g/mol.